The molecular weight excluding hydrogens is 586 g/mol. The second kappa shape index (κ2) is 10.3. The maximum absolute atomic E-state index is 13.4. The molecule has 2 aromatic carbocycles. The molecule has 2 aliphatic rings. The number of carbonyl (C=O) groups is 2. The van der Waals surface area contributed by atoms with Gasteiger partial charge in [-0.2, -0.15) is 26.3 Å². The van der Waals surface area contributed by atoms with Crippen LogP contribution in [0.1, 0.15) is 35.6 Å². The number of aliphatic hydroxyl groups excluding tert-OH is 1. The lowest BCUT2D eigenvalue weighted by atomic mass is 9.92. The number of alkyl halides is 6. The van der Waals surface area contributed by atoms with E-state index in [1.54, 1.807) is 0 Å². The summed E-state index contributed by atoms with van der Waals surface area (Å²) in [4.78, 5) is 27.8. The molecule has 0 aromatic heterocycles. The highest BCUT2D eigenvalue weighted by atomic mass is 32.2. The highest BCUT2D eigenvalue weighted by Crippen LogP contribution is 2.50. The number of benzene rings is 2. The molecule has 41 heavy (non-hydrogen) atoms. The molecule has 3 N–H and O–H groups in total. The van der Waals surface area contributed by atoms with Crippen LogP contribution < -0.4 is 5.32 Å². The Kier molecular flexibility index (Phi) is 7.69. The first-order chi connectivity index (χ1) is 18.9. The van der Waals surface area contributed by atoms with Gasteiger partial charge in [-0.05, 0) is 48.2 Å². The van der Waals surface area contributed by atoms with Crippen molar-refractivity contribution in [2.24, 2.45) is 0 Å². The van der Waals surface area contributed by atoms with Gasteiger partial charge in [0.05, 0.1) is 17.3 Å². The zero-order valence-corrected chi connectivity index (χ0v) is 22.0. The highest BCUT2D eigenvalue weighted by molar-refractivity contribution is 7.91. The van der Waals surface area contributed by atoms with Gasteiger partial charge in [-0.3, -0.25) is 9.59 Å². The number of nitrogens with one attached hydrogen (secondary N) is 1. The summed E-state index contributed by atoms with van der Waals surface area (Å²) < 4.78 is 109. The van der Waals surface area contributed by atoms with Gasteiger partial charge in [0, 0.05) is 24.9 Å². The van der Waals surface area contributed by atoms with E-state index >= 15 is 0 Å². The average molecular weight is 611 g/mol. The first-order valence-electron chi connectivity index (χ1n) is 12.0. The van der Waals surface area contributed by atoms with Crippen LogP contribution in [0.3, 0.4) is 0 Å². The molecule has 9 nitrogen and oxygen atoms in total. The van der Waals surface area contributed by atoms with Crippen LogP contribution in [0.5, 0.6) is 0 Å². The van der Waals surface area contributed by atoms with Crippen molar-refractivity contribution in [3.8, 4) is 0 Å². The number of nitrogens with zero attached hydrogens (tertiary/aromatic N) is 1. The zero-order valence-electron chi connectivity index (χ0n) is 21.2. The minimum Gasteiger partial charge on any atom is -0.395 e. The third-order valence-corrected chi connectivity index (χ3v) is 8.86. The Bertz CT molecular complexity index is 1440. The van der Waals surface area contributed by atoms with Gasteiger partial charge >= 0.3 is 12.4 Å². The molecule has 1 saturated carbocycles. The molecule has 4 rings (SSSR count). The number of carbonyl (C=O) groups excluding carboxylic acids is 2. The van der Waals surface area contributed by atoms with Crippen LogP contribution >= 0.6 is 0 Å². The molecule has 1 aliphatic heterocycles. The summed E-state index contributed by atoms with van der Waals surface area (Å²) in [6, 6.07) is 4.64. The van der Waals surface area contributed by atoms with Gasteiger partial charge < -0.3 is 25.2 Å². The topological polar surface area (TPSA) is 133 Å². The standard InChI is InChI=1S/C25H24F6N2O7S/c1-40-22(8-9-22)21(36)33-13-14-12-17(41(38,39)11-10-34)6-7-18(14)19(33)20(35)32-16-4-2-15(3-5-16)23(37,24(26,27)28)25(29,30)31/h2-7,12,19,34,37H,8-11,13H2,1H3,(H,32,35). The van der Waals surface area contributed by atoms with Crippen LogP contribution in [0, 0.1) is 0 Å². The van der Waals surface area contributed by atoms with Crippen LogP contribution in [-0.4, -0.2) is 72.8 Å². The summed E-state index contributed by atoms with van der Waals surface area (Å²) in [5.74, 6) is -2.00. The van der Waals surface area contributed by atoms with E-state index in [9.17, 15) is 49.5 Å². The molecule has 1 aliphatic carbocycles. The molecule has 0 spiro atoms. The molecule has 0 saturated heterocycles. The van der Waals surface area contributed by atoms with Crippen molar-refractivity contribution in [1.29, 1.82) is 0 Å². The van der Waals surface area contributed by atoms with Crippen LogP contribution in [-0.2, 0) is 36.3 Å². The van der Waals surface area contributed by atoms with Crippen LogP contribution in [0.4, 0.5) is 32.0 Å². The number of anilines is 1. The monoisotopic (exact) mass is 610 g/mol. The molecular formula is C25H24F6N2O7S. The molecule has 1 unspecified atom stereocenters. The van der Waals surface area contributed by atoms with Crippen LogP contribution in [0.25, 0.3) is 0 Å². The molecule has 0 radical (unpaired) electrons. The minimum atomic E-state index is -6.09. The Balaban J connectivity index is 1.67. The van der Waals surface area contributed by atoms with Crippen LogP contribution in [0.2, 0.25) is 0 Å². The number of aliphatic hydroxyl groups is 2. The van der Waals surface area contributed by atoms with Crippen LogP contribution in [0.15, 0.2) is 47.4 Å². The molecule has 2 aromatic rings. The fourth-order valence-corrected chi connectivity index (χ4v) is 5.78. The number of amides is 2. The number of halogens is 6. The molecule has 1 fully saturated rings. The fourth-order valence-electron chi connectivity index (χ4n) is 4.71. The second-order valence-corrected chi connectivity index (χ2v) is 11.8. The molecule has 0 bridgehead atoms. The van der Waals surface area contributed by atoms with Crippen molar-refractivity contribution < 1.29 is 59.3 Å². The van der Waals surface area contributed by atoms with Gasteiger partial charge in [0.1, 0.15) is 11.6 Å². The van der Waals surface area contributed by atoms with Crippen molar-refractivity contribution in [3.63, 3.8) is 0 Å². The molecule has 2 amide bonds. The first-order valence-corrected chi connectivity index (χ1v) is 13.7. The maximum Gasteiger partial charge on any atom is 0.430 e. The number of fused-ring (bicyclic) bond motifs is 1. The Labute approximate surface area is 229 Å². The van der Waals surface area contributed by atoms with Gasteiger partial charge in [0.2, 0.25) is 0 Å². The Morgan fingerprint density at radius 3 is 2.12 bits per heavy atom. The molecule has 1 heterocycles. The smallest absolute Gasteiger partial charge is 0.395 e. The summed E-state index contributed by atoms with van der Waals surface area (Å²) in [5, 5.41) is 21.0. The second-order valence-electron chi connectivity index (χ2n) is 9.71. The molecule has 1 atom stereocenters. The number of methoxy groups -OCH3 is 1. The number of hydrogen-bond donors (Lipinski definition) is 3. The van der Waals surface area contributed by atoms with Gasteiger partial charge in [-0.1, -0.05) is 18.2 Å². The van der Waals surface area contributed by atoms with Gasteiger partial charge in [-0.25, -0.2) is 8.42 Å². The third kappa shape index (κ3) is 5.29. The normalized spacial score (nSPS) is 18.7. The number of sulfone groups is 1. The summed E-state index contributed by atoms with van der Waals surface area (Å²) in [7, 11) is -2.56. The van der Waals surface area contributed by atoms with E-state index in [0.29, 0.717) is 30.5 Å². The lowest BCUT2D eigenvalue weighted by Gasteiger charge is -2.32. The summed E-state index contributed by atoms with van der Waals surface area (Å²) in [6.45, 7) is -0.823. The zero-order chi connectivity index (χ0) is 30.6. The predicted molar refractivity (Wildman–Crippen MR) is 129 cm³/mol. The largest absolute Gasteiger partial charge is 0.430 e. The van der Waals surface area contributed by atoms with E-state index in [1.165, 1.54) is 25.3 Å². The summed E-state index contributed by atoms with van der Waals surface area (Å²) in [6.07, 6.45) is -11.5. The summed E-state index contributed by atoms with van der Waals surface area (Å²) >= 11 is 0. The predicted octanol–water partition coefficient (Wildman–Crippen LogP) is 2.97. The van der Waals surface area contributed by atoms with E-state index in [2.05, 4.69) is 5.32 Å². The van der Waals surface area contributed by atoms with Crippen molar-refractivity contribution in [2.45, 2.75) is 53.9 Å². The Hall–Kier alpha value is -3.21. The van der Waals surface area contributed by atoms with Crippen molar-refractivity contribution >= 4 is 27.3 Å². The minimum absolute atomic E-state index is 0.149. The van der Waals surface area contributed by atoms with Gasteiger partial charge in [-0.15, -0.1) is 0 Å². The lowest BCUT2D eigenvalue weighted by molar-refractivity contribution is -0.376. The maximum atomic E-state index is 13.4. The van der Waals surface area contributed by atoms with Crippen molar-refractivity contribution in [2.75, 3.05) is 24.8 Å². The molecule has 16 heteroatoms. The van der Waals surface area contributed by atoms with E-state index in [0.717, 1.165) is 17.0 Å². The Morgan fingerprint density at radius 1 is 1.05 bits per heavy atom. The average Bonchev–Trinajstić information content (AvgIpc) is 3.59. The highest BCUT2D eigenvalue weighted by Gasteiger charge is 2.71. The SMILES string of the molecule is COC1(C(=O)N2Cc3cc(S(=O)(=O)CCO)ccc3C2C(=O)Nc2ccc(C(O)(C(F)(F)F)C(F)(F)F)cc2)CC1. The number of hydrogen-bond acceptors (Lipinski definition) is 7. The van der Waals surface area contributed by atoms with Gasteiger partial charge in [0.25, 0.3) is 17.4 Å². The quantitative estimate of drug-likeness (QED) is 0.392. The number of rotatable bonds is 8. The van der Waals surface area contributed by atoms with E-state index in [4.69, 9.17) is 9.84 Å². The van der Waals surface area contributed by atoms with Gasteiger partial charge in [0.15, 0.2) is 9.84 Å². The third-order valence-electron chi connectivity index (χ3n) is 7.17. The number of ether oxygens (including phenoxy) is 1. The van der Waals surface area contributed by atoms with E-state index < -0.39 is 69.2 Å². The summed E-state index contributed by atoms with van der Waals surface area (Å²) in [5.41, 5.74) is -7.55. The van der Waals surface area contributed by atoms with E-state index in [-0.39, 0.29) is 22.7 Å². The fraction of sp³-hybridized carbons (Fsp3) is 0.440. The first kappa shape index (κ1) is 30.7. The van der Waals surface area contributed by atoms with E-state index in [1.807, 2.05) is 0 Å². The molecule has 224 valence electrons. The Morgan fingerprint density at radius 2 is 1.63 bits per heavy atom. The van der Waals surface area contributed by atoms with Crippen molar-refractivity contribution in [3.05, 3.63) is 59.2 Å². The lowest BCUT2D eigenvalue weighted by Crippen LogP contribution is -2.53. The van der Waals surface area contributed by atoms with Crippen molar-refractivity contribution in [1.82, 2.24) is 4.90 Å².